The minimum atomic E-state index is -0.754. The number of hydrogen-bond donors (Lipinski definition) is 0. The Morgan fingerprint density at radius 1 is 1.10 bits per heavy atom. The van der Waals surface area contributed by atoms with Gasteiger partial charge in [-0.2, -0.15) is 0 Å². The van der Waals surface area contributed by atoms with Gasteiger partial charge >= 0.3 is 11.9 Å². The predicted octanol–water partition coefficient (Wildman–Crippen LogP) is 1.15. The lowest BCUT2D eigenvalue weighted by atomic mass is 9.81. The second-order valence-electron chi connectivity index (χ2n) is 5.14. The molecule has 0 radical (unpaired) electrons. The van der Waals surface area contributed by atoms with E-state index in [1.54, 1.807) is 21.0 Å². The van der Waals surface area contributed by atoms with E-state index in [4.69, 9.17) is 18.9 Å². The van der Waals surface area contributed by atoms with E-state index >= 15 is 0 Å². The smallest absolute Gasteiger partial charge is 0.317 e. The zero-order valence-corrected chi connectivity index (χ0v) is 12.8. The summed E-state index contributed by atoms with van der Waals surface area (Å²) >= 11 is 0. The van der Waals surface area contributed by atoms with E-state index in [-0.39, 0.29) is 31.2 Å². The number of hydrogen-bond acceptors (Lipinski definition) is 6. The van der Waals surface area contributed by atoms with E-state index in [1.807, 2.05) is 6.08 Å². The molecule has 0 amide bonds. The zero-order chi connectivity index (χ0) is 15.6. The first kappa shape index (κ1) is 15.8. The van der Waals surface area contributed by atoms with Crippen molar-refractivity contribution in [2.45, 2.75) is 20.0 Å². The van der Waals surface area contributed by atoms with E-state index in [2.05, 4.69) is 0 Å². The largest absolute Gasteiger partial charge is 0.500 e. The molecule has 1 fully saturated rings. The third-order valence-corrected chi connectivity index (χ3v) is 4.11. The van der Waals surface area contributed by atoms with E-state index in [0.717, 1.165) is 0 Å². The molecule has 0 heterocycles. The van der Waals surface area contributed by atoms with Crippen LogP contribution in [0.3, 0.4) is 0 Å². The molecule has 0 spiro atoms. The van der Waals surface area contributed by atoms with Crippen molar-refractivity contribution >= 4 is 11.9 Å². The lowest BCUT2D eigenvalue weighted by Gasteiger charge is -2.28. The Balaban J connectivity index is 2.32. The number of ether oxygens (including phenoxy) is 4. The van der Waals surface area contributed by atoms with Crippen molar-refractivity contribution in [1.82, 2.24) is 0 Å². The second-order valence-corrected chi connectivity index (χ2v) is 5.14. The highest BCUT2D eigenvalue weighted by atomic mass is 16.5. The number of carbonyl (C=O) groups excluding carboxylic acids is 2. The van der Waals surface area contributed by atoms with E-state index < -0.39 is 23.8 Å². The van der Waals surface area contributed by atoms with Gasteiger partial charge in [0.15, 0.2) is 0 Å². The summed E-state index contributed by atoms with van der Waals surface area (Å²) in [6.07, 6.45) is 1.79. The fraction of sp³-hybridized carbons (Fsp3) is 0.733. The van der Waals surface area contributed by atoms with Gasteiger partial charge in [0.25, 0.3) is 0 Å². The molecule has 0 aromatic heterocycles. The fourth-order valence-corrected chi connectivity index (χ4v) is 3.21. The van der Waals surface area contributed by atoms with Gasteiger partial charge in [0, 0.05) is 18.9 Å². The van der Waals surface area contributed by atoms with Gasteiger partial charge in [-0.15, -0.1) is 0 Å². The lowest BCUT2D eigenvalue weighted by molar-refractivity contribution is -0.162. The van der Waals surface area contributed by atoms with Crippen LogP contribution in [0.4, 0.5) is 0 Å². The molecule has 0 aromatic carbocycles. The van der Waals surface area contributed by atoms with Gasteiger partial charge in [0.1, 0.15) is 11.7 Å². The number of fused-ring (bicyclic) bond motifs is 1. The molecule has 0 aliphatic heterocycles. The molecule has 5 atom stereocenters. The van der Waals surface area contributed by atoms with Crippen LogP contribution in [-0.4, -0.2) is 45.5 Å². The van der Waals surface area contributed by atoms with Crippen molar-refractivity contribution < 1.29 is 28.5 Å². The topological polar surface area (TPSA) is 71.1 Å². The first-order valence-corrected chi connectivity index (χ1v) is 7.22. The Morgan fingerprint density at radius 2 is 1.71 bits per heavy atom. The maximum absolute atomic E-state index is 12.3. The molecular weight excluding hydrogens is 276 g/mol. The molecule has 0 aromatic rings. The number of esters is 2. The minimum Gasteiger partial charge on any atom is -0.500 e. The molecular formula is C15H22O6. The molecule has 0 N–H and O–H groups in total. The molecule has 2 aliphatic rings. The van der Waals surface area contributed by atoms with Gasteiger partial charge in [-0.3, -0.25) is 9.59 Å². The Kier molecular flexibility index (Phi) is 4.88. The molecule has 1 saturated carbocycles. The molecule has 6 nitrogen and oxygen atoms in total. The predicted molar refractivity (Wildman–Crippen MR) is 73.1 cm³/mol. The Labute approximate surface area is 124 Å². The Bertz CT molecular complexity index is 443. The van der Waals surface area contributed by atoms with Crippen LogP contribution in [-0.2, 0) is 28.5 Å². The van der Waals surface area contributed by atoms with Crippen molar-refractivity contribution in [2.75, 3.05) is 27.4 Å². The van der Waals surface area contributed by atoms with Crippen molar-refractivity contribution in [3.63, 3.8) is 0 Å². The van der Waals surface area contributed by atoms with Crippen LogP contribution in [0, 0.1) is 23.7 Å². The summed E-state index contributed by atoms with van der Waals surface area (Å²) in [5.74, 6) is -1.72. The number of carbonyl (C=O) groups is 2. The van der Waals surface area contributed by atoms with Crippen molar-refractivity contribution in [3.05, 3.63) is 11.8 Å². The average molecular weight is 298 g/mol. The SMILES string of the molecule is CCOC(=O)[C@@H]1C(OC)=C[C@H]2[C@@H](OC)[C@H]2[C@@H]1C(=O)OCC. The summed E-state index contributed by atoms with van der Waals surface area (Å²) in [4.78, 5) is 24.6. The first-order valence-electron chi connectivity index (χ1n) is 7.22. The van der Waals surface area contributed by atoms with Crippen LogP contribution in [0.2, 0.25) is 0 Å². The molecule has 0 saturated heterocycles. The monoisotopic (exact) mass is 298 g/mol. The molecule has 0 unspecified atom stereocenters. The fourth-order valence-electron chi connectivity index (χ4n) is 3.21. The van der Waals surface area contributed by atoms with Gasteiger partial charge in [-0.1, -0.05) is 0 Å². The van der Waals surface area contributed by atoms with Crippen LogP contribution in [0.25, 0.3) is 0 Å². The normalized spacial score (nSPS) is 33.5. The molecule has 118 valence electrons. The van der Waals surface area contributed by atoms with Crippen molar-refractivity contribution in [3.8, 4) is 0 Å². The number of rotatable bonds is 6. The minimum absolute atomic E-state index is 0.0534. The maximum atomic E-state index is 12.3. The zero-order valence-electron chi connectivity index (χ0n) is 12.8. The van der Waals surface area contributed by atoms with Gasteiger partial charge in [0.05, 0.1) is 32.3 Å². The third kappa shape index (κ3) is 2.77. The molecule has 2 aliphatic carbocycles. The molecule has 6 heteroatoms. The van der Waals surface area contributed by atoms with Crippen molar-refractivity contribution in [2.24, 2.45) is 23.7 Å². The van der Waals surface area contributed by atoms with Crippen molar-refractivity contribution in [1.29, 1.82) is 0 Å². The molecule has 0 bridgehead atoms. The second kappa shape index (κ2) is 6.47. The highest BCUT2D eigenvalue weighted by Gasteiger charge is 2.63. The highest BCUT2D eigenvalue weighted by molar-refractivity contribution is 5.85. The summed E-state index contributed by atoms with van der Waals surface area (Å²) in [5.41, 5.74) is 0. The van der Waals surface area contributed by atoms with Gasteiger partial charge in [0.2, 0.25) is 0 Å². The van der Waals surface area contributed by atoms with Gasteiger partial charge in [-0.25, -0.2) is 0 Å². The molecule has 21 heavy (non-hydrogen) atoms. The standard InChI is InChI=1S/C15H22O6/c1-5-20-14(16)11-9(18-3)7-8-10(13(8)19-4)12(11)15(17)21-6-2/h7-8,10-13H,5-6H2,1-4H3/t8-,10-,11-,12+,13-/m1/s1. The Morgan fingerprint density at radius 3 is 2.24 bits per heavy atom. The van der Waals surface area contributed by atoms with Gasteiger partial charge < -0.3 is 18.9 Å². The third-order valence-electron chi connectivity index (χ3n) is 4.11. The average Bonchev–Trinajstić information content (AvgIpc) is 3.18. The summed E-state index contributed by atoms with van der Waals surface area (Å²) in [5, 5.41) is 0. The Hall–Kier alpha value is -1.56. The summed E-state index contributed by atoms with van der Waals surface area (Å²) in [7, 11) is 3.09. The summed E-state index contributed by atoms with van der Waals surface area (Å²) in [6.45, 7) is 4.00. The van der Waals surface area contributed by atoms with Crippen LogP contribution >= 0.6 is 0 Å². The van der Waals surface area contributed by atoms with E-state index in [9.17, 15) is 9.59 Å². The molecule has 2 rings (SSSR count). The van der Waals surface area contributed by atoms with Gasteiger partial charge in [-0.05, 0) is 19.9 Å². The maximum Gasteiger partial charge on any atom is 0.317 e. The quantitative estimate of drug-likeness (QED) is 0.685. The lowest BCUT2D eigenvalue weighted by Crippen LogP contribution is -2.38. The highest BCUT2D eigenvalue weighted by Crippen LogP contribution is 2.56. The van der Waals surface area contributed by atoms with Crippen LogP contribution in [0.15, 0.2) is 11.8 Å². The van der Waals surface area contributed by atoms with Crippen LogP contribution < -0.4 is 0 Å². The number of methoxy groups -OCH3 is 2. The summed E-state index contributed by atoms with van der Waals surface area (Å²) in [6, 6.07) is 0. The van der Waals surface area contributed by atoms with Crippen LogP contribution in [0.5, 0.6) is 0 Å². The van der Waals surface area contributed by atoms with E-state index in [0.29, 0.717) is 5.76 Å². The first-order chi connectivity index (χ1) is 10.1. The van der Waals surface area contributed by atoms with E-state index in [1.165, 1.54) is 7.11 Å². The van der Waals surface area contributed by atoms with Crippen LogP contribution in [0.1, 0.15) is 13.8 Å². The summed E-state index contributed by atoms with van der Waals surface area (Å²) < 4.78 is 20.9.